The van der Waals surface area contributed by atoms with Gasteiger partial charge in [0, 0.05) is 6.92 Å². The van der Waals surface area contributed by atoms with Crippen LogP contribution in [0.4, 0.5) is 0 Å². The first kappa shape index (κ1) is 48.5. The molecule has 9 N–H and O–H groups in total. The van der Waals surface area contributed by atoms with E-state index in [9.17, 15) is 35.4 Å². The molecule has 0 bridgehead atoms. The summed E-state index contributed by atoms with van der Waals surface area (Å²) in [6, 6.07) is -2.02. The second-order valence-corrected chi connectivity index (χ2v) is 18.6. The van der Waals surface area contributed by atoms with E-state index >= 15 is 0 Å². The Bertz CT molecular complexity index is 1480. The fourth-order valence-electron chi connectivity index (χ4n) is 10.6. The first-order valence-electron chi connectivity index (χ1n) is 22.1. The van der Waals surface area contributed by atoms with Gasteiger partial charge in [0.15, 0.2) is 0 Å². The SMILES string of the molecule is CC/C(C)=C1\OC(CO)C(OC(C)(CC)C2(CC)NC3C(O)C(OC(C)(CC)C4(CC)NC5C(O)C(OC(C)(C)CC)C(CO)OC54)C(CO)OC32)C(O)C1NC(C)=O. The maximum atomic E-state index is 12.3. The number of rotatable bonds is 18. The van der Waals surface area contributed by atoms with Crippen LogP contribution < -0.4 is 16.0 Å². The van der Waals surface area contributed by atoms with Crippen LogP contribution in [0.15, 0.2) is 11.3 Å². The normalized spacial score (nSPS) is 43.8. The van der Waals surface area contributed by atoms with Crippen LogP contribution in [0.3, 0.4) is 0 Å². The molecule has 0 saturated carbocycles. The van der Waals surface area contributed by atoms with Gasteiger partial charge in [0.25, 0.3) is 0 Å². The predicted molar refractivity (Wildman–Crippen MR) is 218 cm³/mol. The van der Waals surface area contributed by atoms with Gasteiger partial charge in [0.1, 0.15) is 66.7 Å². The molecule has 0 radical (unpaired) electrons. The topological polar surface area (TPSA) is 230 Å². The average Bonchev–Trinajstić information content (AvgIpc) is 3.20. The van der Waals surface area contributed by atoms with Crippen LogP contribution in [-0.4, -0.2) is 170 Å². The Morgan fingerprint density at radius 3 is 1.46 bits per heavy atom. The summed E-state index contributed by atoms with van der Waals surface area (Å²) in [5.74, 6) is 0.0495. The lowest BCUT2D eigenvalue weighted by atomic mass is 9.61. The molecule has 0 aromatic carbocycles. The summed E-state index contributed by atoms with van der Waals surface area (Å²) in [7, 11) is 0. The van der Waals surface area contributed by atoms with Gasteiger partial charge in [-0.3, -0.25) is 15.4 Å². The van der Waals surface area contributed by atoms with Crippen molar-refractivity contribution >= 4 is 5.91 Å². The average molecular weight is 844 g/mol. The molecule has 5 rings (SSSR count). The van der Waals surface area contributed by atoms with Crippen LogP contribution in [0.2, 0.25) is 0 Å². The quantitative estimate of drug-likeness (QED) is 0.0941. The molecule has 0 aromatic heterocycles. The predicted octanol–water partition coefficient (Wildman–Crippen LogP) is 1.09. The van der Waals surface area contributed by atoms with Crippen molar-refractivity contribution < 1.29 is 63.9 Å². The van der Waals surface area contributed by atoms with Crippen molar-refractivity contribution in [1.29, 1.82) is 0 Å². The van der Waals surface area contributed by atoms with E-state index in [-0.39, 0.29) is 12.5 Å². The molecule has 16 heteroatoms. The van der Waals surface area contributed by atoms with E-state index in [0.29, 0.717) is 44.3 Å². The second kappa shape index (κ2) is 18.3. The van der Waals surface area contributed by atoms with E-state index in [0.717, 1.165) is 5.57 Å². The third kappa shape index (κ3) is 8.03. The number of aliphatic hydroxyl groups excluding tert-OH is 6. The van der Waals surface area contributed by atoms with Gasteiger partial charge in [0.2, 0.25) is 5.91 Å². The molecule has 342 valence electrons. The Balaban J connectivity index is 1.39. The molecule has 5 heterocycles. The first-order valence-corrected chi connectivity index (χ1v) is 22.1. The minimum absolute atomic E-state index is 0.343. The summed E-state index contributed by atoms with van der Waals surface area (Å²) in [4.78, 5) is 12.3. The van der Waals surface area contributed by atoms with Crippen molar-refractivity contribution in [3.05, 3.63) is 11.3 Å². The van der Waals surface area contributed by atoms with Crippen molar-refractivity contribution in [2.45, 2.75) is 235 Å². The second-order valence-electron chi connectivity index (χ2n) is 18.6. The number of amides is 1. The van der Waals surface area contributed by atoms with E-state index in [1.54, 1.807) is 0 Å². The summed E-state index contributed by atoms with van der Waals surface area (Å²) in [5.41, 5.74) is -3.57. The van der Waals surface area contributed by atoms with Gasteiger partial charge >= 0.3 is 0 Å². The smallest absolute Gasteiger partial charge is 0.217 e. The highest BCUT2D eigenvalue weighted by Gasteiger charge is 2.72. The Hall–Kier alpha value is -1.51. The van der Waals surface area contributed by atoms with Crippen LogP contribution in [-0.2, 0) is 33.2 Å². The maximum absolute atomic E-state index is 12.3. The number of carbonyl (C=O) groups excluding carboxylic acids is 1. The number of aliphatic hydroxyl groups is 6. The summed E-state index contributed by atoms with van der Waals surface area (Å²) in [5, 5.41) is 77.6. The molecule has 5 saturated heterocycles. The van der Waals surface area contributed by atoms with Gasteiger partial charge in [-0.25, -0.2) is 0 Å². The van der Waals surface area contributed by atoms with E-state index in [1.807, 2.05) is 76.2 Å². The van der Waals surface area contributed by atoms with Crippen LogP contribution in [0.25, 0.3) is 0 Å². The Labute approximate surface area is 351 Å². The minimum atomic E-state index is -1.27. The van der Waals surface area contributed by atoms with E-state index < -0.39 is 126 Å². The fraction of sp³-hybridized carbons (Fsp3) is 0.930. The molecule has 0 spiro atoms. The molecule has 5 fully saturated rings. The molecular formula is C43H77N3O13. The summed E-state index contributed by atoms with van der Waals surface area (Å²) < 4.78 is 39.8. The monoisotopic (exact) mass is 844 g/mol. The van der Waals surface area contributed by atoms with Crippen molar-refractivity contribution in [3.8, 4) is 0 Å². The van der Waals surface area contributed by atoms with E-state index in [1.165, 1.54) is 6.92 Å². The Morgan fingerprint density at radius 2 is 1.10 bits per heavy atom. The highest BCUT2D eigenvalue weighted by molar-refractivity contribution is 5.73. The number of fused-ring (bicyclic) bond motifs is 2. The van der Waals surface area contributed by atoms with Crippen molar-refractivity contribution in [3.63, 3.8) is 0 Å². The lowest BCUT2D eigenvalue weighted by Crippen LogP contribution is -2.91. The molecule has 18 unspecified atom stereocenters. The summed E-state index contributed by atoms with van der Waals surface area (Å²) in [6.45, 7) is 21.6. The van der Waals surface area contributed by atoms with Gasteiger partial charge < -0.3 is 64.4 Å². The third-order valence-electron chi connectivity index (χ3n) is 15.2. The first-order chi connectivity index (χ1) is 27.7. The van der Waals surface area contributed by atoms with Crippen molar-refractivity contribution in [2.24, 2.45) is 0 Å². The molecular weight excluding hydrogens is 766 g/mol. The summed E-state index contributed by atoms with van der Waals surface area (Å²) >= 11 is 0. The van der Waals surface area contributed by atoms with E-state index in [2.05, 4.69) is 16.0 Å². The number of allylic oxidation sites excluding steroid dienone is 1. The standard InChI is InChI=1S/C43H77N3O13/c1-13-22(7)33-27(44-23(8)50)30(51)35(24(19-47)54-33)58-40(11,15-3)43(18-6)38-29(46-43)32(53)36(26(21-49)56-38)59-41(12,16-4)42(17-5)37-28(45-42)31(52)34(25(20-48)55-37)57-39(9,10)14-2/h24-32,34-38,45-49,51-53H,13-21H2,1-12H3,(H,44,50)/b33-22-. The molecule has 0 aliphatic carbocycles. The zero-order valence-electron chi connectivity index (χ0n) is 37.5. The molecule has 5 aliphatic heterocycles. The van der Waals surface area contributed by atoms with Gasteiger partial charge in [-0.15, -0.1) is 0 Å². The maximum Gasteiger partial charge on any atom is 0.217 e. The van der Waals surface area contributed by atoms with Crippen LogP contribution in [0, 0.1) is 0 Å². The minimum Gasteiger partial charge on any atom is -0.487 e. The third-order valence-corrected chi connectivity index (χ3v) is 15.2. The van der Waals surface area contributed by atoms with Crippen molar-refractivity contribution in [2.75, 3.05) is 19.8 Å². The molecule has 0 aromatic rings. The highest BCUT2D eigenvalue weighted by Crippen LogP contribution is 2.53. The van der Waals surface area contributed by atoms with E-state index in [4.69, 9.17) is 28.4 Å². The fourth-order valence-corrected chi connectivity index (χ4v) is 10.6. The Kier molecular flexibility index (Phi) is 15.1. The van der Waals surface area contributed by atoms with Crippen LogP contribution >= 0.6 is 0 Å². The zero-order chi connectivity index (χ0) is 44.0. The van der Waals surface area contributed by atoms with Crippen LogP contribution in [0.1, 0.15) is 122 Å². The van der Waals surface area contributed by atoms with Gasteiger partial charge in [-0.05, 0) is 78.7 Å². The zero-order valence-corrected chi connectivity index (χ0v) is 37.5. The number of hydrogen-bond acceptors (Lipinski definition) is 15. The molecule has 5 aliphatic rings. The molecule has 1 amide bonds. The van der Waals surface area contributed by atoms with Gasteiger partial charge in [-0.2, -0.15) is 0 Å². The molecule has 59 heavy (non-hydrogen) atoms. The van der Waals surface area contributed by atoms with Crippen molar-refractivity contribution in [1.82, 2.24) is 16.0 Å². The number of nitrogens with one attached hydrogen (secondary N) is 3. The lowest BCUT2D eigenvalue weighted by Gasteiger charge is -2.69. The summed E-state index contributed by atoms with van der Waals surface area (Å²) in [6.07, 6.45) is -6.82. The Morgan fingerprint density at radius 1 is 0.678 bits per heavy atom. The van der Waals surface area contributed by atoms with Gasteiger partial charge in [-0.1, -0.05) is 41.5 Å². The van der Waals surface area contributed by atoms with Gasteiger partial charge in [0.05, 0.1) is 72.0 Å². The number of carbonyl (C=O) groups is 1. The highest BCUT2D eigenvalue weighted by atomic mass is 16.6. The molecule has 18 atom stereocenters. The number of hydrogen-bond donors (Lipinski definition) is 9. The lowest BCUT2D eigenvalue weighted by molar-refractivity contribution is -0.343. The number of ether oxygens (including phenoxy) is 6. The molecule has 16 nitrogen and oxygen atoms in total. The largest absolute Gasteiger partial charge is 0.487 e. The van der Waals surface area contributed by atoms with Crippen LogP contribution in [0.5, 0.6) is 0 Å².